The van der Waals surface area contributed by atoms with Crippen LogP contribution in [0.15, 0.2) is 78.9 Å². The van der Waals surface area contributed by atoms with Gasteiger partial charge in [0.25, 0.3) is 5.91 Å². The van der Waals surface area contributed by atoms with E-state index in [2.05, 4.69) is 19.2 Å². The molecule has 3 rings (SSSR count). The number of anilines is 1. The number of rotatable bonds is 9. The summed E-state index contributed by atoms with van der Waals surface area (Å²) in [5, 5.41) is 2.94. The first-order valence-electron chi connectivity index (χ1n) is 10.8. The highest BCUT2D eigenvalue weighted by atomic mass is 16.5. The van der Waals surface area contributed by atoms with Gasteiger partial charge in [0.05, 0.1) is 6.42 Å². The monoisotopic (exact) mass is 415 g/mol. The molecule has 0 spiro atoms. The van der Waals surface area contributed by atoms with Crippen LogP contribution in [0.3, 0.4) is 0 Å². The predicted molar refractivity (Wildman–Crippen MR) is 124 cm³/mol. The van der Waals surface area contributed by atoms with Crippen molar-refractivity contribution in [3.8, 4) is 0 Å². The van der Waals surface area contributed by atoms with Crippen molar-refractivity contribution >= 4 is 17.6 Å². The Labute approximate surface area is 184 Å². The Morgan fingerprint density at radius 3 is 1.77 bits per heavy atom. The third-order valence-electron chi connectivity index (χ3n) is 5.40. The first-order chi connectivity index (χ1) is 15.1. The molecule has 0 aliphatic heterocycles. The molecule has 0 bridgehead atoms. The highest BCUT2D eigenvalue weighted by molar-refractivity contribution is 5.94. The van der Waals surface area contributed by atoms with Crippen LogP contribution in [0.25, 0.3) is 0 Å². The maximum Gasteiger partial charge on any atom is 0.307 e. The van der Waals surface area contributed by atoms with E-state index < -0.39 is 5.97 Å². The molecule has 0 radical (unpaired) electrons. The number of carbonyl (C=O) groups excluding carboxylic acids is 2. The van der Waals surface area contributed by atoms with Gasteiger partial charge in [-0.2, -0.15) is 0 Å². The van der Waals surface area contributed by atoms with Gasteiger partial charge in [-0.3, -0.25) is 9.59 Å². The molecule has 0 aliphatic carbocycles. The Balaban J connectivity index is 1.64. The molecule has 0 saturated heterocycles. The van der Waals surface area contributed by atoms with Crippen molar-refractivity contribution in [3.63, 3.8) is 0 Å². The predicted octanol–water partition coefficient (Wildman–Crippen LogP) is 5.52. The fourth-order valence-corrected chi connectivity index (χ4v) is 3.75. The van der Waals surface area contributed by atoms with Crippen LogP contribution >= 0.6 is 0 Å². The zero-order valence-corrected chi connectivity index (χ0v) is 18.1. The van der Waals surface area contributed by atoms with Gasteiger partial charge in [0, 0.05) is 11.6 Å². The maximum absolute atomic E-state index is 12.6. The summed E-state index contributed by atoms with van der Waals surface area (Å²) >= 11 is 0. The average Bonchev–Trinajstić information content (AvgIpc) is 2.82. The van der Waals surface area contributed by atoms with E-state index >= 15 is 0 Å². The lowest BCUT2D eigenvalue weighted by molar-refractivity contribution is -0.147. The second kappa shape index (κ2) is 11.1. The van der Waals surface area contributed by atoms with Gasteiger partial charge in [0.15, 0.2) is 6.61 Å². The maximum atomic E-state index is 12.6. The van der Waals surface area contributed by atoms with Crippen LogP contribution in [0, 0.1) is 0 Å². The van der Waals surface area contributed by atoms with Gasteiger partial charge in [0.2, 0.25) is 0 Å². The molecule has 0 aliphatic rings. The second-order valence-electron chi connectivity index (χ2n) is 7.45. The molecule has 0 atom stereocenters. The summed E-state index contributed by atoms with van der Waals surface area (Å²) in [5.41, 5.74) is 5.07. The molecular weight excluding hydrogens is 386 g/mol. The van der Waals surface area contributed by atoms with Crippen LogP contribution in [0.1, 0.15) is 48.4 Å². The van der Waals surface area contributed by atoms with Crippen LogP contribution in [0.5, 0.6) is 0 Å². The van der Waals surface area contributed by atoms with E-state index in [4.69, 9.17) is 4.74 Å². The fourth-order valence-electron chi connectivity index (χ4n) is 3.75. The molecule has 1 amide bonds. The average molecular weight is 416 g/mol. The summed E-state index contributed by atoms with van der Waals surface area (Å²) in [6, 6.07) is 25.8. The Morgan fingerprint density at radius 1 is 0.774 bits per heavy atom. The molecule has 0 heterocycles. The van der Waals surface area contributed by atoms with Crippen molar-refractivity contribution in [2.24, 2.45) is 0 Å². The number of esters is 1. The van der Waals surface area contributed by atoms with Crippen molar-refractivity contribution in [2.75, 3.05) is 11.9 Å². The van der Waals surface area contributed by atoms with Crippen LogP contribution in [-0.2, 0) is 27.2 Å². The number of para-hydroxylation sites is 1. The summed E-state index contributed by atoms with van der Waals surface area (Å²) in [5.74, 6) is -0.835. The molecule has 0 aromatic heterocycles. The third-order valence-corrected chi connectivity index (χ3v) is 5.40. The minimum atomic E-state index is -0.396. The van der Waals surface area contributed by atoms with E-state index in [9.17, 15) is 9.59 Å². The smallest absolute Gasteiger partial charge is 0.307 e. The molecule has 31 heavy (non-hydrogen) atoms. The number of hydrogen-bond donors (Lipinski definition) is 1. The van der Waals surface area contributed by atoms with Crippen molar-refractivity contribution < 1.29 is 14.3 Å². The number of benzene rings is 3. The van der Waals surface area contributed by atoms with Crippen LogP contribution in [0.4, 0.5) is 5.69 Å². The minimum absolute atomic E-state index is 0.120. The quantitative estimate of drug-likeness (QED) is 0.469. The summed E-state index contributed by atoms with van der Waals surface area (Å²) in [6.07, 6.45) is 1.81. The largest absolute Gasteiger partial charge is 0.456 e. The van der Waals surface area contributed by atoms with E-state index in [1.807, 2.05) is 78.9 Å². The van der Waals surface area contributed by atoms with E-state index in [0.29, 0.717) is 0 Å². The van der Waals surface area contributed by atoms with Gasteiger partial charge in [-0.05, 0) is 35.1 Å². The third kappa shape index (κ3) is 6.05. The first-order valence-corrected chi connectivity index (χ1v) is 10.8. The minimum Gasteiger partial charge on any atom is -0.456 e. The lowest BCUT2D eigenvalue weighted by Gasteiger charge is -2.18. The summed E-state index contributed by atoms with van der Waals surface area (Å²) < 4.78 is 5.35. The van der Waals surface area contributed by atoms with Gasteiger partial charge in [-0.15, -0.1) is 0 Å². The van der Waals surface area contributed by atoms with Gasteiger partial charge in [-0.1, -0.05) is 92.7 Å². The van der Waals surface area contributed by atoms with Gasteiger partial charge < -0.3 is 10.1 Å². The summed E-state index contributed by atoms with van der Waals surface area (Å²) in [4.78, 5) is 25.1. The van der Waals surface area contributed by atoms with Crippen molar-refractivity contribution in [1.29, 1.82) is 0 Å². The highest BCUT2D eigenvalue weighted by Crippen LogP contribution is 2.28. The van der Waals surface area contributed by atoms with Crippen molar-refractivity contribution in [2.45, 2.75) is 39.0 Å². The molecular formula is C27H29NO3. The van der Waals surface area contributed by atoms with Gasteiger partial charge in [0.1, 0.15) is 0 Å². The van der Waals surface area contributed by atoms with E-state index in [0.717, 1.165) is 40.8 Å². The lowest BCUT2D eigenvalue weighted by Crippen LogP contribution is -2.23. The number of aryl methyl sites for hydroxylation is 2. The Kier molecular flexibility index (Phi) is 7.99. The molecule has 3 aromatic carbocycles. The van der Waals surface area contributed by atoms with Crippen LogP contribution in [-0.4, -0.2) is 18.5 Å². The van der Waals surface area contributed by atoms with Crippen molar-refractivity contribution in [3.05, 3.63) is 101 Å². The molecule has 0 saturated carbocycles. The summed E-state index contributed by atoms with van der Waals surface area (Å²) in [6.45, 7) is 3.81. The SMILES string of the molecule is CCc1cccc(CC)c1NC(=O)COC(=O)CC(c1ccccc1)c1ccccc1. The number of ether oxygens (including phenoxy) is 1. The Hall–Kier alpha value is -3.40. The topological polar surface area (TPSA) is 55.4 Å². The molecule has 1 N–H and O–H groups in total. The second-order valence-corrected chi connectivity index (χ2v) is 7.45. The van der Waals surface area contributed by atoms with Crippen LogP contribution in [0.2, 0.25) is 0 Å². The van der Waals surface area contributed by atoms with Crippen LogP contribution < -0.4 is 5.32 Å². The standard InChI is InChI=1S/C27H29NO3/c1-3-20-16-11-17-21(4-2)27(20)28-25(29)19-31-26(30)18-24(22-12-7-5-8-13-22)23-14-9-6-10-15-23/h5-17,24H,3-4,18-19H2,1-2H3,(H,28,29). The van der Waals surface area contributed by atoms with Gasteiger partial charge >= 0.3 is 5.97 Å². The number of carbonyl (C=O) groups is 2. The van der Waals surface area contributed by atoms with E-state index in [1.165, 1.54) is 0 Å². The van der Waals surface area contributed by atoms with E-state index in [1.54, 1.807) is 0 Å². The zero-order valence-electron chi connectivity index (χ0n) is 18.1. The fraction of sp³-hybridized carbons (Fsp3) is 0.259. The molecule has 0 unspecified atom stereocenters. The highest BCUT2D eigenvalue weighted by Gasteiger charge is 2.20. The molecule has 4 nitrogen and oxygen atoms in total. The molecule has 160 valence electrons. The Bertz CT molecular complexity index is 938. The van der Waals surface area contributed by atoms with Gasteiger partial charge in [-0.25, -0.2) is 0 Å². The molecule has 4 heteroatoms. The summed E-state index contributed by atoms with van der Waals surface area (Å²) in [7, 11) is 0. The number of hydrogen-bond acceptors (Lipinski definition) is 3. The van der Waals surface area contributed by atoms with Crippen molar-refractivity contribution in [1.82, 2.24) is 0 Å². The number of nitrogens with one attached hydrogen (secondary N) is 1. The zero-order chi connectivity index (χ0) is 22.1. The molecule has 3 aromatic rings. The Morgan fingerprint density at radius 2 is 1.29 bits per heavy atom. The molecule has 0 fully saturated rings. The lowest BCUT2D eigenvalue weighted by atomic mass is 9.89. The first kappa shape index (κ1) is 22.3. The van der Waals surface area contributed by atoms with E-state index in [-0.39, 0.29) is 24.9 Å². The number of amides is 1. The normalized spacial score (nSPS) is 10.7.